The number of methoxy groups -OCH3 is 1. The van der Waals surface area contributed by atoms with E-state index in [1.54, 1.807) is 19.5 Å². The standard InChI is InChI=1S/C13H14BrN3O/c1-18-13-5-10(2-3-17-13)6-15-7-11-4-12(14)9-16-8-11/h2-5,8-9,15H,6-7H2,1H3. The molecule has 0 saturated carbocycles. The summed E-state index contributed by atoms with van der Waals surface area (Å²) in [6, 6.07) is 5.94. The van der Waals surface area contributed by atoms with Gasteiger partial charge in [0.05, 0.1) is 7.11 Å². The van der Waals surface area contributed by atoms with Crippen LogP contribution in [-0.2, 0) is 13.1 Å². The quantitative estimate of drug-likeness (QED) is 0.922. The Kier molecular flexibility index (Phi) is 4.66. The van der Waals surface area contributed by atoms with E-state index >= 15 is 0 Å². The molecule has 2 aromatic rings. The Morgan fingerprint density at radius 3 is 2.83 bits per heavy atom. The lowest BCUT2D eigenvalue weighted by atomic mass is 10.2. The fourth-order valence-corrected chi connectivity index (χ4v) is 1.99. The first-order chi connectivity index (χ1) is 8.78. The van der Waals surface area contributed by atoms with Crippen LogP contribution in [0.25, 0.3) is 0 Å². The van der Waals surface area contributed by atoms with Gasteiger partial charge in [-0.2, -0.15) is 0 Å². The number of pyridine rings is 2. The highest BCUT2D eigenvalue weighted by Crippen LogP contribution is 2.10. The predicted molar refractivity (Wildman–Crippen MR) is 73.3 cm³/mol. The topological polar surface area (TPSA) is 47.0 Å². The van der Waals surface area contributed by atoms with E-state index < -0.39 is 0 Å². The summed E-state index contributed by atoms with van der Waals surface area (Å²) in [5.74, 6) is 0.637. The Hall–Kier alpha value is -1.46. The summed E-state index contributed by atoms with van der Waals surface area (Å²) in [6.07, 6.45) is 5.37. The second-order valence-electron chi connectivity index (χ2n) is 3.82. The van der Waals surface area contributed by atoms with E-state index in [0.717, 1.165) is 28.7 Å². The lowest BCUT2D eigenvalue weighted by Gasteiger charge is -2.06. The van der Waals surface area contributed by atoms with Crippen molar-refractivity contribution in [2.45, 2.75) is 13.1 Å². The molecule has 94 valence electrons. The second-order valence-corrected chi connectivity index (χ2v) is 4.74. The molecule has 0 atom stereocenters. The van der Waals surface area contributed by atoms with E-state index in [0.29, 0.717) is 5.88 Å². The monoisotopic (exact) mass is 307 g/mol. The molecule has 0 aliphatic rings. The number of nitrogens with zero attached hydrogens (tertiary/aromatic N) is 2. The molecule has 0 bridgehead atoms. The van der Waals surface area contributed by atoms with Crippen molar-refractivity contribution in [3.63, 3.8) is 0 Å². The van der Waals surface area contributed by atoms with Gasteiger partial charge in [0, 0.05) is 42.2 Å². The summed E-state index contributed by atoms with van der Waals surface area (Å²) < 4.78 is 6.07. The molecule has 0 fully saturated rings. The molecule has 2 heterocycles. The lowest BCUT2D eigenvalue weighted by molar-refractivity contribution is 0.397. The summed E-state index contributed by atoms with van der Waals surface area (Å²) in [4.78, 5) is 8.19. The smallest absolute Gasteiger partial charge is 0.213 e. The lowest BCUT2D eigenvalue weighted by Crippen LogP contribution is -2.13. The number of ether oxygens (including phenoxy) is 1. The van der Waals surface area contributed by atoms with Gasteiger partial charge in [-0.05, 0) is 39.2 Å². The molecule has 0 unspecified atom stereocenters. The third-order valence-corrected chi connectivity index (χ3v) is 2.86. The molecular formula is C13H14BrN3O. The van der Waals surface area contributed by atoms with Crippen LogP contribution in [-0.4, -0.2) is 17.1 Å². The SMILES string of the molecule is COc1cc(CNCc2cncc(Br)c2)ccn1. The molecule has 18 heavy (non-hydrogen) atoms. The number of hydrogen-bond donors (Lipinski definition) is 1. The fraction of sp³-hybridized carbons (Fsp3) is 0.231. The highest BCUT2D eigenvalue weighted by molar-refractivity contribution is 9.10. The third-order valence-electron chi connectivity index (χ3n) is 2.43. The molecule has 1 N–H and O–H groups in total. The van der Waals surface area contributed by atoms with E-state index in [4.69, 9.17) is 4.74 Å². The molecule has 4 nitrogen and oxygen atoms in total. The van der Waals surface area contributed by atoms with Crippen LogP contribution in [0.3, 0.4) is 0 Å². The largest absolute Gasteiger partial charge is 0.481 e. The summed E-state index contributed by atoms with van der Waals surface area (Å²) in [6.45, 7) is 1.54. The Balaban J connectivity index is 1.88. The Morgan fingerprint density at radius 1 is 1.22 bits per heavy atom. The Labute approximate surface area is 115 Å². The van der Waals surface area contributed by atoms with E-state index in [1.165, 1.54) is 0 Å². The average molecular weight is 308 g/mol. The molecule has 5 heteroatoms. The van der Waals surface area contributed by atoms with Crippen LogP contribution in [0.1, 0.15) is 11.1 Å². The van der Waals surface area contributed by atoms with E-state index in [2.05, 4.69) is 31.2 Å². The molecule has 0 aliphatic heterocycles. The number of rotatable bonds is 5. The summed E-state index contributed by atoms with van der Waals surface area (Å²) >= 11 is 3.40. The van der Waals surface area contributed by atoms with Crippen LogP contribution in [0, 0.1) is 0 Å². The number of aromatic nitrogens is 2. The second kappa shape index (κ2) is 6.47. The van der Waals surface area contributed by atoms with E-state index in [1.807, 2.05) is 24.4 Å². The summed E-state index contributed by atoms with van der Waals surface area (Å²) in [7, 11) is 1.62. The van der Waals surface area contributed by atoms with Crippen LogP contribution < -0.4 is 10.1 Å². The number of hydrogen-bond acceptors (Lipinski definition) is 4. The van der Waals surface area contributed by atoms with Crippen molar-refractivity contribution in [2.24, 2.45) is 0 Å². The van der Waals surface area contributed by atoms with Gasteiger partial charge in [0.1, 0.15) is 0 Å². The zero-order chi connectivity index (χ0) is 12.8. The van der Waals surface area contributed by atoms with Crippen molar-refractivity contribution in [2.75, 3.05) is 7.11 Å². The number of halogens is 1. The molecule has 0 aliphatic carbocycles. The summed E-state index contributed by atoms with van der Waals surface area (Å²) in [5, 5.41) is 3.35. The minimum Gasteiger partial charge on any atom is -0.481 e. The maximum atomic E-state index is 5.08. The van der Waals surface area contributed by atoms with Gasteiger partial charge in [0.25, 0.3) is 0 Å². The highest BCUT2D eigenvalue weighted by atomic mass is 79.9. The highest BCUT2D eigenvalue weighted by Gasteiger charge is 1.98. The fourth-order valence-electron chi connectivity index (χ4n) is 1.58. The van der Waals surface area contributed by atoms with Crippen molar-refractivity contribution in [1.29, 1.82) is 0 Å². The van der Waals surface area contributed by atoms with Gasteiger partial charge < -0.3 is 10.1 Å². The van der Waals surface area contributed by atoms with Crippen LogP contribution in [0.5, 0.6) is 5.88 Å². The van der Waals surface area contributed by atoms with Crippen LogP contribution >= 0.6 is 15.9 Å². The van der Waals surface area contributed by atoms with Crippen molar-refractivity contribution in [1.82, 2.24) is 15.3 Å². The van der Waals surface area contributed by atoms with Crippen LogP contribution in [0.15, 0.2) is 41.3 Å². The normalized spacial score (nSPS) is 10.3. The van der Waals surface area contributed by atoms with Gasteiger partial charge >= 0.3 is 0 Å². The Morgan fingerprint density at radius 2 is 2.06 bits per heavy atom. The first kappa shape index (κ1) is 13.0. The maximum absolute atomic E-state index is 5.08. The third kappa shape index (κ3) is 3.78. The zero-order valence-corrected chi connectivity index (χ0v) is 11.6. The molecule has 0 aromatic carbocycles. The Bertz CT molecular complexity index is 519. The zero-order valence-electron chi connectivity index (χ0n) is 10.1. The predicted octanol–water partition coefficient (Wildman–Crippen LogP) is 2.54. The van der Waals surface area contributed by atoms with Gasteiger partial charge in [-0.3, -0.25) is 4.98 Å². The first-order valence-corrected chi connectivity index (χ1v) is 6.36. The van der Waals surface area contributed by atoms with Gasteiger partial charge in [-0.1, -0.05) is 0 Å². The molecule has 0 amide bonds. The molecular weight excluding hydrogens is 294 g/mol. The first-order valence-electron chi connectivity index (χ1n) is 5.57. The van der Waals surface area contributed by atoms with Crippen LogP contribution in [0.2, 0.25) is 0 Å². The van der Waals surface area contributed by atoms with Gasteiger partial charge in [0.2, 0.25) is 5.88 Å². The average Bonchev–Trinajstić information content (AvgIpc) is 2.39. The molecule has 2 aromatic heterocycles. The molecule has 0 spiro atoms. The molecule has 0 saturated heterocycles. The minimum absolute atomic E-state index is 0.637. The molecule has 2 rings (SSSR count). The number of nitrogens with one attached hydrogen (secondary N) is 1. The van der Waals surface area contributed by atoms with E-state index in [-0.39, 0.29) is 0 Å². The molecule has 0 radical (unpaired) electrons. The van der Waals surface area contributed by atoms with Crippen LogP contribution in [0.4, 0.5) is 0 Å². The van der Waals surface area contributed by atoms with Crippen molar-refractivity contribution in [3.8, 4) is 5.88 Å². The maximum Gasteiger partial charge on any atom is 0.213 e. The van der Waals surface area contributed by atoms with Crippen molar-refractivity contribution in [3.05, 3.63) is 52.4 Å². The van der Waals surface area contributed by atoms with E-state index in [9.17, 15) is 0 Å². The minimum atomic E-state index is 0.637. The van der Waals surface area contributed by atoms with Gasteiger partial charge in [0.15, 0.2) is 0 Å². The van der Waals surface area contributed by atoms with Gasteiger partial charge in [-0.15, -0.1) is 0 Å². The summed E-state index contributed by atoms with van der Waals surface area (Å²) in [5.41, 5.74) is 2.29. The van der Waals surface area contributed by atoms with Crippen molar-refractivity contribution >= 4 is 15.9 Å². The van der Waals surface area contributed by atoms with Gasteiger partial charge in [-0.25, -0.2) is 4.98 Å². The van der Waals surface area contributed by atoms with Crippen molar-refractivity contribution < 1.29 is 4.74 Å².